The Morgan fingerprint density at radius 3 is 2.18 bits per heavy atom. The SMILES string of the molecule is CC(NC(=O)NC=C1CCCC1)C12CC3CC(CC(C3)C1)C2. The molecule has 0 aromatic carbocycles. The van der Waals surface area contributed by atoms with Gasteiger partial charge >= 0.3 is 6.03 Å². The summed E-state index contributed by atoms with van der Waals surface area (Å²) in [5.74, 6) is 2.83. The van der Waals surface area contributed by atoms with E-state index in [0.29, 0.717) is 11.5 Å². The summed E-state index contributed by atoms with van der Waals surface area (Å²) in [5, 5.41) is 6.24. The molecule has 5 rings (SSSR count). The van der Waals surface area contributed by atoms with Crippen LogP contribution in [0.4, 0.5) is 4.79 Å². The highest BCUT2D eigenvalue weighted by atomic mass is 16.2. The normalized spacial score (nSPS) is 40.6. The number of rotatable bonds is 3. The van der Waals surface area contributed by atoms with Crippen LogP contribution in [0.2, 0.25) is 0 Å². The lowest BCUT2D eigenvalue weighted by Crippen LogP contribution is -2.56. The van der Waals surface area contributed by atoms with Gasteiger partial charge in [-0.3, -0.25) is 0 Å². The van der Waals surface area contributed by atoms with Gasteiger partial charge in [0, 0.05) is 12.2 Å². The molecule has 3 nitrogen and oxygen atoms in total. The maximum Gasteiger partial charge on any atom is 0.318 e. The van der Waals surface area contributed by atoms with Gasteiger partial charge in [-0.2, -0.15) is 0 Å². The zero-order chi connectivity index (χ0) is 15.2. The standard InChI is InChI=1S/C19H30N2O/c1-13(21-18(22)20-12-14-4-2-3-5-14)19-9-15-6-16(10-19)8-17(7-15)11-19/h12-13,15-17H,2-11H2,1H3,(H2,20,21,22). The van der Waals surface area contributed by atoms with E-state index in [2.05, 4.69) is 17.6 Å². The van der Waals surface area contributed by atoms with E-state index in [1.54, 1.807) is 0 Å². The first-order valence-electron chi connectivity index (χ1n) is 9.38. The molecule has 1 unspecified atom stereocenters. The van der Waals surface area contributed by atoms with Gasteiger partial charge < -0.3 is 10.6 Å². The number of hydrogen-bond acceptors (Lipinski definition) is 1. The molecule has 3 heteroatoms. The van der Waals surface area contributed by atoms with Crippen LogP contribution in [0.25, 0.3) is 0 Å². The predicted molar refractivity (Wildman–Crippen MR) is 88.3 cm³/mol. The molecule has 0 aromatic heterocycles. The minimum atomic E-state index is 0.00245. The minimum Gasteiger partial charge on any atom is -0.335 e. The van der Waals surface area contributed by atoms with Gasteiger partial charge in [0.15, 0.2) is 0 Å². The molecular formula is C19H30N2O. The van der Waals surface area contributed by atoms with Gasteiger partial charge in [-0.15, -0.1) is 0 Å². The van der Waals surface area contributed by atoms with Crippen LogP contribution < -0.4 is 10.6 Å². The van der Waals surface area contributed by atoms with Crippen LogP contribution >= 0.6 is 0 Å². The van der Waals surface area contributed by atoms with Crippen molar-refractivity contribution in [2.24, 2.45) is 23.2 Å². The highest BCUT2D eigenvalue weighted by Crippen LogP contribution is 2.61. The summed E-state index contributed by atoms with van der Waals surface area (Å²) in [4.78, 5) is 12.2. The molecule has 0 radical (unpaired) electrons. The largest absolute Gasteiger partial charge is 0.335 e. The van der Waals surface area contributed by atoms with Gasteiger partial charge in [-0.05, 0) is 94.3 Å². The molecule has 0 spiro atoms. The van der Waals surface area contributed by atoms with Crippen molar-refractivity contribution in [3.63, 3.8) is 0 Å². The fourth-order valence-corrected chi connectivity index (χ4v) is 6.24. The second-order valence-corrected chi connectivity index (χ2v) is 8.63. The Balaban J connectivity index is 1.36. The Morgan fingerprint density at radius 2 is 1.64 bits per heavy atom. The van der Waals surface area contributed by atoms with Gasteiger partial charge in [0.05, 0.1) is 0 Å². The number of carbonyl (C=O) groups excluding carboxylic acids is 1. The van der Waals surface area contributed by atoms with Gasteiger partial charge in [0.25, 0.3) is 0 Å². The third kappa shape index (κ3) is 2.68. The van der Waals surface area contributed by atoms with E-state index in [1.807, 2.05) is 6.20 Å². The molecule has 1 atom stereocenters. The zero-order valence-corrected chi connectivity index (χ0v) is 13.9. The Kier molecular flexibility index (Phi) is 3.70. The van der Waals surface area contributed by atoms with Crippen LogP contribution in [0.15, 0.2) is 11.8 Å². The molecule has 0 saturated heterocycles. The Labute approximate surface area is 134 Å². The summed E-state index contributed by atoms with van der Waals surface area (Å²) < 4.78 is 0. The zero-order valence-electron chi connectivity index (χ0n) is 13.9. The summed E-state index contributed by atoms with van der Waals surface area (Å²) >= 11 is 0. The lowest BCUT2D eigenvalue weighted by Gasteiger charge is -2.59. The lowest BCUT2D eigenvalue weighted by atomic mass is 9.48. The minimum absolute atomic E-state index is 0.00245. The molecule has 2 N–H and O–H groups in total. The van der Waals surface area contributed by atoms with Crippen LogP contribution in [0.3, 0.4) is 0 Å². The Bertz CT molecular complexity index is 439. The van der Waals surface area contributed by atoms with Crippen molar-refractivity contribution >= 4 is 6.03 Å². The Morgan fingerprint density at radius 1 is 1.09 bits per heavy atom. The summed E-state index contributed by atoms with van der Waals surface area (Å²) in [5.41, 5.74) is 1.80. The number of nitrogens with one attached hydrogen (secondary N) is 2. The Hall–Kier alpha value is -0.990. The number of hydrogen-bond donors (Lipinski definition) is 2. The number of allylic oxidation sites excluding steroid dienone is 1. The molecule has 5 fully saturated rings. The van der Waals surface area contributed by atoms with Crippen LogP contribution in [0.5, 0.6) is 0 Å². The van der Waals surface area contributed by atoms with E-state index < -0.39 is 0 Å². The quantitative estimate of drug-likeness (QED) is 0.799. The van der Waals surface area contributed by atoms with Gasteiger partial charge in [-0.1, -0.05) is 5.57 Å². The van der Waals surface area contributed by atoms with Gasteiger partial charge in [0.2, 0.25) is 0 Å². The number of carbonyl (C=O) groups is 1. The van der Waals surface area contributed by atoms with E-state index in [9.17, 15) is 4.79 Å². The summed E-state index contributed by atoms with van der Waals surface area (Å²) in [6.45, 7) is 2.25. The first kappa shape index (κ1) is 14.6. The molecule has 5 saturated carbocycles. The third-order valence-corrected chi connectivity index (χ3v) is 7.00. The van der Waals surface area contributed by atoms with E-state index in [-0.39, 0.29) is 6.03 Å². The second kappa shape index (κ2) is 5.58. The third-order valence-electron chi connectivity index (χ3n) is 7.00. The maximum atomic E-state index is 12.2. The molecule has 0 heterocycles. The molecule has 5 aliphatic rings. The summed E-state index contributed by atoms with van der Waals surface area (Å²) in [6, 6.07) is 0.311. The van der Waals surface area contributed by atoms with E-state index in [4.69, 9.17) is 0 Å². The van der Waals surface area contributed by atoms with Crippen molar-refractivity contribution in [1.82, 2.24) is 10.6 Å². The number of amides is 2. The first-order chi connectivity index (χ1) is 10.6. The molecule has 4 bridgehead atoms. The van der Waals surface area contributed by atoms with Crippen LogP contribution in [0.1, 0.15) is 71.1 Å². The molecule has 0 aliphatic heterocycles. The van der Waals surface area contributed by atoms with Crippen molar-refractivity contribution in [2.45, 2.75) is 77.2 Å². The fourth-order valence-electron chi connectivity index (χ4n) is 6.24. The van der Waals surface area contributed by atoms with E-state index in [0.717, 1.165) is 30.6 Å². The highest BCUT2D eigenvalue weighted by molar-refractivity contribution is 5.75. The van der Waals surface area contributed by atoms with Crippen LogP contribution in [-0.4, -0.2) is 12.1 Å². The summed E-state index contributed by atoms with van der Waals surface area (Å²) in [7, 11) is 0. The molecule has 0 aromatic rings. The molecule has 22 heavy (non-hydrogen) atoms. The lowest BCUT2D eigenvalue weighted by molar-refractivity contribution is -0.0681. The smallest absolute Gasteiger partial charge is 0.318 e. The average molecular weight is 302 g/mol. The van der Waals surface area contributed by atoms with E-state index in [1.165, 1.54) is 56.9 Å². The number of urea groups is 1. The van der Waals surface area contributed by atoms with Crippen molar-refractivity contribution in [3.8, 4) is 0 Å². The van der Waals surface area contributed by atoms with Crippen molar-refractivity contribution in [1.29, 1.82) is 0 Å². The van der Waals surface area contributed by atoms with Gasteiger partial charge in [0.1, 0.15) is 0 Å². The van der Waals surface area contributed by atoms with E-state index >= 15 is 0 Å². The monoisotopic (exact) mass is 302 g/mol. The van der Waals surface area contributed by atoms with Crippen molar-refractivity contribution in [2.75, 3.05) is 0 Å². The van der Waals surface area contributed by atoms with Crippen molar-refractivity contribution in [3.05, 3.63) is 11.8 Å². The first-order valence-corrected chi connectivity index (χ1v) is 9.38. The van der Waals surface area contributed by atoms with Crippen LogP contribution in [0, 0.1) is 23.2 Å². The predicted octanol–water partition coefficient (Wildman–Crippen LogP) is 4.35. The molecule has 2 amide bonds. The summed E-state index contributed by atoms with van der Waals surface area (Å²) in [6.07, 6.45) is 15.3. The maximum absolute atomic E-state index is 12.2. The topological polar surface area (TPSA) is 41.1 Å². The second-order valence-electron chi connectivity index (χ2n) is 8.63. The van der Waals surface area contributed by atoms with Crippen molar-refractivity contribution < 1.29 is 4.79 Å². The highest BCUT2D eigenvalue weighted by Gasteiger charge is 2.53. The molecule has 122 valence electrons. The van der Waals surface area contributed by atoms with Crippen LogP contribution in [-0.2, 0) is 0 Å². The fraction of sp³-hybridized carbons (Fsp3) is 0.842. The molecular weight excluding hydrogens is 272 g/mol. The average Bonchev–Trinajstić information content (AvgIpc) is 2.97. The van der Waals surface area contributed by atoms with Gasteiger partial charge in [-0.25, -0.2) is 4.79 Å². The molecule has 5 aliphatic carbocycles.